The minimum Gasteiger partial charge on any atom is -0.435 e. The number of benzene rings is 1. The van der Waals surface area contributed by atoms with Crippen molar-refractivity contribution in [2.24, 2.45) is 0 Å². The summed E-state index contributed by atoms with van der Waals surface area (Å²) in [5.74, 6) is 0. The van der Waals surface area contributed by atoms with E-state index in [0.29, 0.717) is 5.71 Å². The number of anilines is 1. The van der Waals surface area contributed by atoms with Crippen LogP contribution in [0.2, 0.25) is 0 Å². The van der Waals surface area contributed by atoms with Crippen LogP contribution in [0.25, 0.3) is 22.1 Å². The molecule has 4 heteroatoms. The van der Waals surface area contributed by atoms with Gasteiger partial charge in [0.15, 0.2) is 5.58 Å². The molecule has 4 rings (SSSR count). The molecule has 0 saturated carbocycles. The number of furan rings is 1. The summed E-state index contributed by atoms with van der Waals surface area (Å²) in [4.78, 5) is 8.28. The zero-order chi connectivity index (χ0) is 17.9. The van der Waals surface area contributed by atoms with Gasteiger partial charge in [-0.05, 0) is 45.4 Å². The lowest BCUT2D eigenvalue weighted by atomic mass is 10.1. The molecule has 4 nitrogen and oxygen atoms in total. The van der Waals surface area contributed by atoms with Crippen molar-refractivity contribution in [1.29, 1.82) is 0 Å². The quantitative estimate of drug-likeness (QED) is 0.695. The van der Waals surface area contributed by atoms with Gasteiger partial charge in [-0.25, -0.2) is 4.98 Å². The van der Waals surface area contributed by atoms with Crippen LogP contribution in [0.3, 0.4) is 0 Å². The van der Waals surface area contributed by atoms with Crippen LogP contribution >= 0.6 is 0 Å². The monoisotopic (exact) mass is 309 g/mol. The fraction of sp³-hybridized carbons (Fsp3) is 0.316. The first kappa shape index (κ1) is 12.0. The van der Waals surface area contributed by atoms with E-state index in [9.17, 15) is 0 Å². The van der Waals surface area contributed by atoms with Crippen LogP contribution in [0.15, 0.2) is 41.1 Å². The molecule has 0 unspecified atom stereocenters. The summed E-state index contributed by atoms with van der Waals surface area (Å²) in [5, 5.41) is 2.03. The van der Waals surface area contributed by atoms with Crippen LogP contribution in [0.5, 0.6) is 0 Å². The van der Waals surface area contributed by atoms with Gasteiger partial charge in [0.25, 0.3) is 0 Å². The Hall–Kier alpha value is -2.49. The van der Waals surface area contributed by atoms with Crippen LogP contribution in [-0.4, -0.2) is 22.5 Å². The zero-order valence-corrected chi connectivity index (χ0v) is 13.8. The van der Waals surface area contributed by atoms with E-state index in [0.717, 1.165) is 33.3 Å². The molecule has 0 fully saturated rings. The molecule has 0 aliphatic carbocycles. The van der Waals surface area contributed by atoms with Gasteiger partial charge in [-0.2, -0.15) is 0 Å². The second kappa shape index (κ2) is 5.01. The zero-order valence-electron chi connectivity index (χ0n) is 15.8. The molecule has 0 saturated heterocycles. The molecule has 3 heterocycles. The van der Waals surface area contributed by atoms with Crippen molar-refractivity contribution >= 4 is 27.8 Å². The average molecular weight is 309 g/mol. The molecule has 0 bridgehead atoms. The van der Waals surface area contributed by atoms with Crippen molar-refractivity contribution in [3.05, 3.63) is 47.9 Å². The molecular weight excluding hydrogens is 286 g/mol. The maximum absolute atomic E-state index is 8.02. The average Bonchev–Trinajstić information content (AvgIpc) is 3.07. The highest BCUT2D eigenvalue weighted by Gasteiger charge is 2.26. The van der Waals surface area contributed by atoms with Crippen molar-refractivity contribution < 1.29 is 7.16 Å². The fourth-order valence-electron chi connectivity index (χ4n) is 3.27. The molecule has 1 aromatic carbocycles. The molecule has 1 aliphatic heterocycles. The Balaban J connectivity index is 1.92. The summed E-state index contributed by atoms with van der Waals surface area (Å²) in [6, 6.07) is 8.18. The van der Waals surface area contributed by atoms with Gasteiger partial charge in [0.05, 0.1) is 5.69 Å². The molecular formula is C19H21N3O. The summed E-state index contributed by atoms with van der Waals surface area (Å²) in [7, 11) is 0. The number of hydrogen-bond acceptors (Lipinski definition) is 4. The number of aryl methyl sites for hydroxylation is 2. The Morgan fingerprint density at radius 1 is 1.17 bits per heavy atom. The van der Waals surface area contributed by atoms with E-state index in [1.807, 2.05) is 39.1 Å². The highest BCUT2D eigenvalue weighted by molar-refractivity contribution is 6.08. The van der Waals surface area contributed by atoms with E-state index in [1.165, 1.54) is 0 Å². The number of rotatable bonds is 2. The van der Waals surface area contributed by atoms with Gasteiger partial charge in [0, 0.05) is 38.1 Å². The fourth-order valence-corrected chi connectivity index (χ4v) is 3.27. The molecule has 0 amide bonds. The Labute approximate surface area is 138 Å². The Morgan fingerprint density at radius 3 is 2.70 bits per heavy atom. The van der Waals surface area contributed by atoms with Crippen molar-refractivity contribution in [2.45, 2.75) is 33.9 Å². The summed E-state index contributed by atoms with van der Waals surface area (Å²) < 4.78 is 22.2. The first-order valence-electron chi connectivity index (χ1n) is 8.82. The lowest BCUT2D eigenvalue weighted by molar-refractivity contribution is 0.334. The third-order valence-corrected chi connectivity index (χ3v) is 4.53. The maximum atomic E-state index is 8.02. The molecule has 3 aromatic rings. The smallest absolute Gasteiger partial charge is 0.227 e. The summed E-state index contributed by atoms with van der Waals surface area (Å²) >= 11 is 0. The van der Waals surface area contributed by atoms with E-state index in [-0.39, 0.29) is 6.17 Å². The van der Waals surface area contributed by atoms with Gasteiger partial charge in [-0.1, -0.05) is 12.1 Å². The molecule has 0 N–H and O–H groups in total. The second-order valence-electron chi connectivity index (χ2n) is 5.98. The second-order valence-corrected chi connectivity index (χ2v) is 5.98. The predicted molar refractivity (Wildman–Crippen MR) is 94.5 cm³/mol. The molecule has 1 aliphatic rings. The van der Waals surface area contributed by atoms with Gasteiger partial charge in [-0.15, -0.1) is 0 Å². The number of fused-ring (bicyclic) bond motifs is 3. The van der Waals surface area contributed by atoms with Gasteiger partial charge >= 0.3 is 0 Å². The summed E-state index contributed by atoms with van der Waals surface area (Å²) in [6.07, 6.45) is 3.57. The van der Waals surface area contributed by atoms with Crippen molar-refractivity contribution in [1.82, 2.24) is 9.88 Å². The Bertz CT molecular complexity index is 1000. The molecule has 23 heavy (non-hydrogen) atoms. The predicted octanol–water partition coefficient (Wildman–Crippen LogP) is 4.56. The highest BCUT2D eigenvalue weighted by Crippen LogP contribution is 2.39. The van der Waals surface area contributed by atoms with Gasteiger partial charge in [0.1, 0.15) is 6.17 Å². The molecule has 0 radical (unpaired) electrons. The van der Waals surface area contributed by atoms with E-state index in [1.54, 1.807) is 18.0 Å². The lowest BCUT2D eigenvalue weighted by Gasteiger charge is -2.29. The van der Waals surface area contributed by atoms with E-state index in [4.69, 9.17) is 7.16 Å². The SMILES string of the molecule is [2H]C([2H])(C)N1C=CN(c2c(C)ccc3c2oc2nc(C)ccc23)[C@H]1C. The van der Waals surface area contributed by atoms with Crippen molar-refractivity contribution in [2.75, 3.05) is 11.4 Å². The van der Waals surface area contributed by atoms with Gasteiger partial charge in [0.2, 0.25) is 5.71 Å². The van der Waals surface area contributed by atoms with Crippen LogP contribution in [-0.2, 0) is 0 Å². The van der Waals surface area contributed by atoms with Crippen molar-refractivity contribution in [3.63, 3.8) is 0 Å². The van der Waals surface area contributed by atoms with Crippen LogP contribution in [0.4, 0.5) is 5.69 Å². The van der Waals surface area contributed by atoms with E-state index in [2.05, 4.69) is 22.0 Å². The third kappa shape index (κ3) is 2.01. The number of nitrogens with zero attached hydrogens (tertiary/aromatic N) is 3. The molecule has 1 atom stereocenters. The minimum absolute atomic E-state index is 0.146. The molecule has 0 spiro atoms. The van der Waals surface area contributed by atoms with Crippen LogP contribution in [0.1, 0.15) is 27.8 Å². The minimum atomic E-state index is -1.43. The summed E-state index contributed by atoms with van der Waals surface area (Å²) in [5.41, 5.74) is 4.40. The third-order valence-electron chi connectivity index (χ3n) is 4.53. The van der Waals surface area contributed by atoms with Gasteiger partial charge in [-0.3, -0.25) is 0 Å². The Morgan fingerprint density at radius 2 is 1.96 bits per heavy atom. The molecule has 118 valence electrons. The standard InChI is InChI=1S/C19H21N3O/c1-5-21-10-11-22(14(21)4)17-12(2)6-8-15-16-9-7-13(3)20-19(16)23-18(15)17/h6-11,14H,5H2,1-4H3/t14-/m0/s1/i5D2. The highest BCUT2D eigenvalue weighted by atomic mass is 16.3. The van der Waals surface area contributed by atoms with Crippen molar-refractivity contribution in [3.8, 4) is 0 Å². The first-order chi connectivity index (χ1) is 11.8. The number of pyridine rings is 1. The first-order valence-corrected chi connectivity index (χ1v) is 7.82. The van der Waals surface area contributed by atoms with Crippen LogP contribution in [0, 0.1) is 13.8 Å². The lowest BCUT2D eigenvalue weighted by Crippen LogP contribution is -2.36. The molecule has 2 aromatic heterocycles. The van der Waals surface area contributed by atoms with Gasteiger partial charge < -0.3 is 14.2 Å². The normalized spacial score (nSPS) is 19.7. The Kier molecular flexibility index (Phi) is 2.62. The summed E-state index contributed by atoms with van der Waals surface area (Å²) in [6.45, 7) is 6.12. The van der Waals surface area contributed by atoms with E-state index >= 15 is 0 Å². The number of aromatic nitrogens is 1. The number of hydrogen-bond donors (Lipinski definition) is 0. The maximum Gasteiger partial charge on any atom is 0.227 e. The largest absolute Gasteiger partial charge is 0.435 e. The van der Waals surface area contributed by atoms with Crippen LogP contribution < -0.4 is 4.90 Å². The topological polar surface area (TPSA) is 32.5 Å². The van der Waals surface area contributed by atoms with E-state index < -0.39 is 6.50 Å².